The van der Waals surface area contributed by atoms with E-state index in [1.807, 2.05) is 6.07 Å². The average Bonchev–Trinajstić information content (AvgIpc) is 2.35. The summed E-state index contributed by atoms with van der Waals surface area (Å²) >= 11 is 0. The van der Waals surface area contributed by atoms with Crippen molar-refractivity contribution in [3.05, 3.63) is 35.7 Å². The number of benzene rings is 1. The fraction of sp³-hybridized carbons (Fsp3) is 0.385. The molecule has 0 atom stereocenters. The van der Waals surface area contributed by atoms with Crippen molar-refractivity contribution in [3.63, 3.8) is 0 Å². The van der Waals surface area contributed by atoms with E-state index in [-0.39, 0.29) is 6.61 Å². The van der Waals surface area contributed by atoms with Crippen LogP contribution in [0.2, 0.25) is 0 Å². The van der Waals surface area contributed by atoms with Gasteiger partial charge in [-0.15, -0.1) is 0 Å². The van der Waals surface area contributed by atoms with Crippen LogP contribution in [0.4, 0.5) is 0 Å². The molecule has 0 unspecified atom stereocenters. The van der Waals surface area contributed by atoms with Gasteiger partial charge in [-0.3, -0.25) is 4.98 Å². The van der Waals surface area contributed by atoms with Crippen molar-refractivity contribution in [3.8, 4) is 0 Å². The van der Waals surface area contributed by atoms with Crippen LogP contribution in [-0.4, -0.2) is 15.1 Å². The Morgan fingerprint density at radius 2 is 2.12 bits per heavy atom. The molecule has 0 fully saturated rings. The standard InChI is InChI=1S/C13H16N2O/c1-2-3-4-10-5-6-12-13(7-10)14-8-11(9-16)15-12/h5-8,16H,2-4,9H2,1H3. The van der Waals surface area contributed by atoms with E-state index in [2.05, 4.69) is 29.0 Å². The first-order valence-corrected chi connectivity index (χ1v) is 5.69. The minimum absolute atomic E-state index is 0.0550. The van der Waals surface area contributed by atoms with Gasteiger partial charge in [0.1, 0.15) is 0 Å². The number of aryl methyl sites for hydroxylation is 1. The third-order valence-electron chi connectivity index (χ3n) is 2.64. The number of fused-ring (bicyclic) bond motifs is 1. The van der Waals surface area contributed by atoms with Gasteiger partial charge in [-0.2, -0.15) is 0 Å². The van der Waals surface area contributed by atoms with Crippen LogP contribution in [0.3, 0.4) is 0 Å². The molecule has 84 valence electrons. The molecular weight excluding hydrogens is 200 g/mol. The van der Waals surface area contributed by atoms with Gasteiger partial charge in [0.25, 0.3) is 0 Å². The van der Waals surface area contributed by atoms with E-state index < -0.39 is 0 Å². The van der Waals surface area contributed by atoms with Crippen molar-refractivity contribution in [2.24, 2.45) is 0 Å². The van der Waals surface area contributed by atoms with E-state index in [1.54, 1.807) is 6.20 Å². The van der Waals surface area contributed by atoms with E-state index in [4.69, 9.17) is 5.11 Å². The maximum Gasteiger partial charge on any atom is 0.0891 e. The van der Waals surface area contributed by atoms with Gasteiger partial charge in [0.05, 0.1) is 29.5 Å². The van der Waals surface area contributed by atoms with Crippen LogP contribution >= 0.6 is 0 Å². The summed E-state index contributed by atoms with van der Waals surface area (Å²) in [7, 11) is 0. The molecule has 0 saturated heterocycles. The molecular formula is C13H16N2O. The van der Waals surface area contributed by atoms with Crippen LogP contribution in [0, 0.1) is 0 Å². The van der Waals surface area contributed by atoms with E-state index in [0.717, 1.165) is 17.5 Å². The lowest BCUT2D eigenvalue weighted by Crippen LogP contribution is -1.93. The summed E-state index contributed by atoms with van der Waals surface area (Å²) in [6, 6.07) is 6.15. The fourth-order valence-electron chi connectivity index (χ4n) is 1.71. The zero-order valence-corrected chi connectivity index (χ0v) is 9.48. The quantitative estimate of drug-likeness (QED) is 0.854. The normalized spacial score (nSPS) is 10.9. The summed E-state index contributed by atoms with van der Waals surface area (Å²) in [6.45, 7) is 2.13. The molecule has 0 bridgehead atoms. The second-order valence-corrected chi connectivity index (χ2v) is 3.95. The van der Waals surface area contributed by atoms with Crippen LogP contribution < -0.4 is 0 Å². The first-order chi connectivity index (χ1) is 7.83. The highest BCUT2D eigenvalue weighted by Crippen LogP contribution is 2.14. The van der Waals surface area contributed by atoms with Crippen LogP contribution in [0.25, 0.3) is 11.0 Å². The highest BCUT2D eigenvalue weighted by Gasteiger charge is 2.00. The van der Waals surface area contributed by atoms with E-state index in [0.29, 0.717) is 5.69 Å². The van der Waals surface area contributed by atoms with E-state index in [9.17, 15) is 0 Å². The smallest absolute Gasteiger partial charge is 0.0891 e. The zero-order chi connectivity index (χ0) is 11.4. The second-order valence-electron chi connectivity index (χ2n) is 3.95. The molecule has 3 nitrogen and oxygen atoms in total. The van der Waals surface area contributed by atoms with Crippen molar-refractivity contribution in [2.75, 3.05) is 0 Å². The van der Waals surface area contributed by atoms with Gasteiger partial charge in [0.15, 0.2) is 0 Å². The molecule has 0 radical (unpaired) electrons. The molecule has 0 aliphatic heterocycles. The number of nitrogens with zero attached hydrogens (tertiary/aromatic N) is 2. The molecule has 0 amide bonds. The van der Waals surface area contributed by atoms with Crippen molar-refractivity contribution in [2.45, 2.75) is 32.8 Å². The summed E-state index contributed by atoms with van der Waals surface area (Å²) in [5.41, 5.74) is 3.69. The lowest BCUT2D eigenvalue weighted by atomic mass is 10.1. The summed E-state index contributed by atoms with van der Waals surface area (Å²) in [5.74, 6) is 0. The molecule has 0 saturated carbocycles. The molecule has 0 spiro atoms. The molecule has 1 N–H and O–H groups in total. The lowest BCUT2D eigenvalue weighted by molar-refractivity contribution is 0.277. The Kier molecular flexibility index (Phi) is 3.47. The number of aliphatic hydroxyl groups is 1. The van der Waals surface area contributed by atoms with Gasteiger partial charge in [-0.05, 0) is 30.5 Å². The van der Waals surface area contributed by atoms with Gasteiger partial charge in [0, 0.05) is 0 Å². The Morgan fingerprint density at radius 3 is 2.88 bits per heavy atom. The Hall–Kier alpha value is -1.48. The largest absolute Gasteiger partial charge is 0.390 e. The predicted octanol–water partition coefficient (Wildman–Crippen LogP) is 2.46. The molecule has 0 aliphatic carbocycles. The topological polar surface area (TPSA) is 46.0 Å². The SMILES string of the molecule is CCCCc1ccc2nc(CO)cnc2c1. The van der Waals surface area contributed by atoms with Gasteiger partial charge >= 0.3 is 0 Å². The summed E-state index contributed by atoms with van der Waals surface area (Å²) in [4.78, 5) is 8.60. The Balaban J connectivity index is 2.32. The van der Waals surface area contributed by atoms with Crippen molar-refractivity contribution >= 4 is 11.0 Å². The first-order valence-electron chi connectivity index (χ1n) is 5.69. The minimum atomic E-state index is -0.0550. The zero-order valence-electron chi connectivity index (χ0n) is 9.48. The molecule has 2 rings (SSSR count). The molecule has 3 heteroatoms. The van der Waals surface area contributed by atoms with Crippen LogP contribution in [0.5, 0.6) is 0 Å². The number of hydrogen-bond acceptors (Lipinski definition) is 3. The molecule has 1 aromatic heterocycles. The summed E-state index contributed by atoms with van der Waals surface area (Å²) in [6.07, 6.45) is 5.13. The maximum absolute atomic E-state index is 8.97. The number of aliphatic hydroxyl groups excluding tert-OH is 1. The average molecular weight is 216 g/mol. The molecule has 1 aromatic carbocycles. The third kappa shape index (κ3) is 2.36. The number of hydrogen-bond donors (Lipinski definition) is 1. The monoisotopic (exact) mass is 216 g/mol. The van der Waals surface area contributed by atoms with Crippen molar-refractivity contribution in [1.29, 1.82) is 0 Å². The number of unbranched alkanes of at least 4 members (excludes halogenated alkanes) is 1. The molecule has 0 aliphatic rings. The van der Waals surface area contributed by atoms with Gasteiger partial charge in [0.2, 0.25) is 0 Å². The van der Waals surface area contributed by atoms with Gasteiger partial charge in [-0.25, -0.2) is 4.98 Å². The number of rotatable bonds is 4. The summed E-state index contributed by atoms with van der Waals surface area (Å²) < 4.78 is 0. The first kappa shape index (κ1) is 11.0. The van der Waals surface area contributed by atoms with Crippen molar-refractivity contribution in [1.82, 2.24) is 9.97 Å². The molecule has 2 aromatic rings. The van der Waals surface area contributed by atoms with Crippen LogP contribution in [-0.2, 0) is 13.0 Å². The number of aromatic nitrogens is 2. The molecule has 1 heterocycles. The second kappa shape index (κ2) is 5.03. The Labute approximate surface area is 95.2 Å². The van der Waals surface area contributed by atoms with Crippen molar-refractivity contribution < 1.29 is 5.11 Å². The van der Waals surface area contributed by atoms with Crippen LogP contribution in [0.1, 0.15) is 31.0 Å². The van der Waals surface area contributed by atoms with Crippen LogP contribution in [0.15, 0.2) is 24.4 Å². The minimum Gasteiger partial charge on any atom is -0.390 e. The fourth-order valence-corrected chi connectivity index (χ4v) is 1.71. The Bertz CT molecular complexity index is 482. The van der Waals surface area contributed by atoms with Gasteiger partial charge < -0.3 is 5.11 Å². The van der Waals surface area contributed by atoms with E-state index >= 15 is 0 Å². The van der Waals surface area contributed by atoms with Gasteiger partial charge in [-0.1, -0.05) is 19.4 Å². The Morgan fingerprint density at radius 1 is 1.25 bits per heavy atom. The highest BCUT2D eigenvalue weighted by atomic mass is 16.3. The maximum atomic E-state index is 8.97. The third-order valence-corrected chi connectivity index (χ3v) is 2.64. The molecule has 16 heavy (non-hydrogen) atoms. The lowest BCUT2D eigenvalue weighted by Gasteiger charge is -2.03. The predicted molar refractivity (Wildman–Crippen MR) is 64.1 cm³/mol. The highest BCUT2D eigenvalue weighted by molar-refractivity contribution is 5.74. The summed E-state index contributed by atoms with van der Waals surface area (Å²) in [5, 5.41) is 8.97. The van der Waals surface area contributed by atoms with E-state index in [1.165, 1.54) is 18.4 Å².